The van der Waals surface area contributed by atoms with Crippen molar-refractivity contribution in [2.75, 3.05) is 12.3 Å². The third-order valence-corrected chi connectivity index (χ3v) is 3.04. The van der Waals surface area contributed by atoms with Gasteiger partial charge in [-0.1, -0.05) is 0 Å². The predicted molar refractivity (Wildman–Crippen MR) is 60.5 cm³/mol. The molecule has 1 aliphatic rings. The second kappa shape index (κ2) is 4.32. The second-order valence-electron chi connectivity index (χ2n) is 4.42. The van der Waals surface area contributed by atoms with Crippen LogP contribution in [-0.2, 0) is 4.74 Å². The van der Waals surface area contributed by atoms with Gasteiger partial charge in [-0.2, -0.15) is 4.98 Å². The van der Waals surface area contributed by atoms with E-state index >= 15 is 0 Å². The number of hydrogen-bond donors (Lipinski definition) is 4. The average Bonchev–Trinajstić information content (AvgIpc) is 2.52. The molecular formula is C10H15N3O5. The molecule has 1 aromatic heterocycles. The van der Waals surface area contributed by atoms with Gasteiger partial charge >= 0.3 is 5.69 Å². The zero-order valence-corrected chi connectivity index (χ0v) is 9.72. The Morgan fingerprint density at radius 1 is 1.67 bits per heavy atom. The summed E-state index contributed by atoms with van der Waals surface area (Å²) in [5.74, 6) is 0.0492. The third kappa shape index (κ3) is 1.89. The molecular weight excluding hydrogens is 242 g/mol. The van der Waals surface area contributed by atoms with Crippen LogP contribution in [0.15, 0.2) is 17.1 Å². The van der Waals surface area contributed by atoms with E-state index in [1.165, 1.54) is 19.2 Å². The molecule has 1 aromatic rings. The standard InChI is InChI=1S/C10H15N3O5/c1-10(17)7(15)5(4-14)18-8(10)13-3-2-6(11)12-9(13)16/h2-3,5,7-8,14-15,17H,4H2,1H3,(H2,11,12,16)/t5-,7-,8-,10?/m0/s1. The summed E-state index contributed by atoms with van der Waals surface area (Å²) in [6.45, 7) is 0.853. The first kappa shape index (κ1) is 13.0. The van der Waals surface area contributed by atoms with Crippen LogP contribution in [0.1, 0.15) is 13.2 Å². The van der Waals surface area contributed by atoms with Crippen molar-refractivity contribution in [2.24, 2.45) is 0 Å². The van der Waals surface area contributed by atoms with E-state index < -0.39 is 36.3 Å². The van der Waals surface area contributed by atoms with Crippen LogP contribution in [0.3, 0.4) is 0 Å². The van der Waals surface area contributed by atoms with Gasteiger partial charge in [-0.15, -0.1) is 0 Å². The van der Waals surface area contributed by atoms with E-state index in [1.807, 2.05) is 0 Å². The first-order chi connectivity index (χ1) is 8.37. The molecule has 5 N–H and O–H groups in total. The van der Waals surface area contributed by atoms with Crippen LogP contribution < -0.4 is 11.4 Å². The predicted octanol–water partition coefficient (Wildman–Crippen LogP) is -2.17. The fourth-order valence-corrected chi connectivity index (χ4v) is 1.99. The highest BCUT2D eigenvalue weighted by molar-refractivity contribution is 5.23. The second-order valence-corrected chi connectivity index (χ2v) is 4.42. The number of nitrogens with two attached hydrogens (primary N) is 1. The molecule has 1 saturated heterocycles. The molecule has 0 bridgehead atoms. The number of hydrogen-bond acceptors (Lipinski definition) is 7. The summed E-state index contributed by atoms with van der Waals surface area (Å²) in [6.07, 6.45) is -2.09. The molecule has 0 aliphatic carbocycles. The van der Waals surface area contributed by atoms with E-state index in [2.05, 4.69) is 4.98 Å². The maximum atomic E-state index is 11.7. The van der Waals surface area contributed by atoms with Crippen molar-refractivity contribution in [1.29, 1.82) is 0 Å². The minimum atomic E-state index is -1.71. The van der Waals surface area contributed by atoms with Crippen molar-refractivity contribution in [3.8, 4) is 0 Å². The highest BCUT2D eigenvalue weighted by Crippen LogP contribution is 2.37. The van der Waals surface area contributed by atoms with Crippen LogP contribution in [0.2, 0.25) is 0 Å². The Hall–Kier alpha value is -1.48. The van der Waals surface area contributed by atoms with E-state index in [0.717, 1.165) is 4.57 Å². The molecule has 0 radical (unpaired) electrons. The normalized spacial score (nSPS) is 35.9. The fourth-order valence-electron chi connectivity index (χ4n) is 1.99. The first-order valence-electron chi connectivity index (χ1n) is 5.39. The quantitative estimate of drug-likeness (QED) is 0.474. The minimum absolute atomic E-state index is 0.0492. The molecule has 1 unspecified atom stereocenters. The van der Waals surface area contributed by atoms with Crippen LogP contribution in [0.5, 0.6) is 0 Å². The Morgan fingerprint density at radius 3 is 2.83 bits per heavy atom. The van der Waals surface area contributed by atoms with Gasteiger partial charge in [0.1, 0.15) is 23.6 Å². The Bertz CT molecular complexity index is 501. The molecule has 0 saturated carbocycles. The molecule has 1 fully saturated rings. The van der Waals surface area contributed by atoms with Crippen molar-refractivity contribution in [1.82, 2.24) is 9.55 Å². The van der Waals surface area contributed by atoms with Gasteiger partial charge in [0.05, 0.1) is 6.61 Å². The molecule has 2 heterocycles. The number of nitrogens with zero attached hydrogens (tertiary/aromatic N) is 2. The maximum Gasteiger partial charge on any atom is 0.351 e. The number of aliphatic hydroxyl groups is 3. The Balaban J connectivity index is 2.42. The monoisotopic (exact) mass is 257 g/mol. The smallest absolute Gasteiger partial charge is 0.351 e. The SMILES string of the molecule is CC1(O)[C@@H](n2ccc(N)nc2=O)O[C@@H](CO)[C@@H]1O. The molecule has 100 valence electrons. The molecule has 8 heteroatoms. The van der Waals surface area contributed by atoms with Gasteiger partial charge in [0.2, 0.25) is 0 Å². The molecule has 0 amide bonds. The lowest BCUT2D eigenvalue weighted by Gasteiger charge is -2.27. The van der Waals surface area contributed by atoms with Gasteiger partial charge in [0.25, 0.3) is 0 Å². The van der Waals surface area contributed by atoms with Crippen molar-refractivity contribution < 1.29 is 20.1 Å². The van der Waals surface area contributed by atoms with Crippen molar-refractivity contribution >= 4 is 5.82 Å². The summed E-state index contributed by atoms with van der Waals surface area (Å²) in [4.78, 5) is 15.2. The van der Waals surface area contributed by atoms with Crippen molar-refractivity contribution in [3.05, 3.63) is 22.7 Å². The average molecular weight is 257 g/mol. The topological polar surface area (TPSA) is 131 Å². The number of nitrogen functional groups attached to an aromatic ring is 1. The summed E-state index contributed by atoms with van der Waals surface area (Å²) < 4.78 is 6.30. The summed E-state index contributed by atoms with van der Waals surface area (Å²) in [7, 11) is 0. The van der Waals surface area contributed by atoms with Gasteiger partial charge in [-0.3, -0.25) is 4.57 Å². The number of rotatable bonds is 2. The largest absolute Gasteiger partial charge is 0.394 e. The van der Waals surface area contributed by atoms with Crippen LogP contribution in [0, 0.1) is 0 Å². The van der Waals surface area contributed by atoms with Gasteiger partial charge < -0.3 is 25.8 Å². The molecule has 2 rings (SSSR count). The highest BCUT2D eigenvalue weighted by Gasteiger charge is 2.53. The lowest BCUT2D eigenvalue weighted by Crippen LogP contribution is -2.46. The van der Waals surface area contributed by atoms with Crippen molar-refractivity contribution in [2.45, 2.75) is 31.0 Å². The Morgan fingerprint density at radius 2 is 2.33 bits per heavy atom. The lowest BCUT2D eigenvalue weighted by atomic mass is 9.96. The summed E-state index contributed by atoms with van der Waals surface area (Å²) in [6, 6.07) is 1.37. The third-order valence-electron chi connectivity index (χ3n) is 3.04. The lowest BCUT2D eigenvalue weighted by molar-refractivity contribution is -0.0986. The fraction of sp³-hybridized carbons (Fsp3) is 0.600. The van der Waals surface area contributed by atoms with E-state index in [9.17, 15) is 15.0 Å². The zero-order chi connectivity index (χ0) is 13.5. The number of ether oxygens (including phenoxy) is 1. The van der Waals surface area contributed by atoms with Gasteiger partial charge in [0.15, 0.2) is 6.23 Å². The summed E-state index contributed by atoms with van der Waals surface area (Å²) in [5, 5.41) is 29.0. The van der Waals surface area contributed by atoms with Crippen LogP contribution in [0.25, 0.3) is 0 Å². The minimum Gasteiger partial charge on any atom is -0.394 e. The Labute approximate surface area is 102 Å². The van der Waals surface area contributed by atoms with Crippen molar-refractivity contribution in [3.63, 3.8) is 0 Å². The van der Waals surface area contributed by atoms with Crippen LogP contribution in [0.4, 0.5) is 5.82 Å². The van der Waals surface area contributed by atoms with E-state index in [-0.39, 0.29) is 5.82 Å². The van der Waals surface area contributed by atoms with Crippen LogP contribution >= 0.6 is 0 Å². The Kier molecular flexibility index (Phi) is 3.11. The number of anilines is 1. The molecule has 0 spiro atoms. The molecule has 0 aromatic carbocycles. The molecule has 18 heavy (non-hydrogen) atoms. The van der Waals surface area contributed by atoms with E-state index in [0.29, 0.717) is 0 Å². The molecule has 1 aliphatic heterocycles. The molecule has 4 atom stereocenters. The zero-order valence-electron chi connectivity index (χ0n) is 9.72. The van der Waals surface area contributed by atoms with Gasteiger partial charge in [0, 0.05) is 6.20 Å². The maximum absolute atomic E-state index is 11.7. The summed E-state index contributed by atoms with van der Waals surface area (Å²) >= 11 is 0. The van der Waals surface area contributed by atoms with E-state index in [1.54, 1.807) is 0 Å². The van der Waals surface area contributed by atoms with E-state index in [4.69, 9.17) is 15.6 Å². The first-order valence-corrected chi connectivity index (χ1v) is 5.39. The summed E-state index contributed by atoms with van der Waals surface area (Å²) in [5.41, 5.74) is 2.94. The van der Waals surface area contributed by atoms with Gasteiger partial charge in [-0.05, 0) is 13.0 Å². The van der Waals surface area contributed by atoms with Crippen LogP contribution in [-0.4, -0.2) is 49.3 Å². The van der Waals surface area contributed by atoms with Gasteiger partial charge in [-0.25, -0.2) is 4.79 Å². The number of aromatic nitrogens is 2. The number of aliphatic hydroxyl groups excluding tert-OH is 2. The highest BCUT2D eigenvalue weighted by atomic mass is 16.6. The molecule has 8 nitrogen and oxygen atoms in total.